The monoisotopic (exact) mass is 1400 g/mol. The largest absolute Gasteiger partial charge is 0.472 e. The summed E-state index contributed by atoms with van der Waals surface area (Å²) >= 11 is 0. The maximum Gasteiger partial charge on any atom is 0.472 e. The van der Waals surface area contributed by atoms with Crippen molar-refractivity contribution in [2.24, 2.45) is 11.8 Å². The van der Waals surface area contributed by atoms with Gasteiger partial charge in [0.15, 0.2) is 12.2 Å². The third-order valence-electron chi connectivity index (χ3n) is 17.7. The minimum absolute atomic E-state index is 0.101. The molecule has 0 aromatic rings. The zero-order valence-electron chi connectivity index (χ0n) is 62.0. The van der Waals surface area contributed by atoms with Crippen LogP contribution in [0.3, 0.4) is 0 Å². The SMILES string of the molecule is CCCCCCCCCCCCCCCCCCCCCCC(=O)O[C@H](COC(=O)CCCCCCCCCCCCCCCCCCC)COP(=O)(O)OC[C@@H](O)COP(=O)(O)OC[C@@H](COC(=O)CCCCCCCCC(C)C)OC(=O)CCCCCCCCC(C)C. The van der Waals surface area contributed by atoms with Crippen molar-refractivity contribution in [2.45, 2.75) is 413 Å². The zero-order chi connectivity index (χ0) is 70.0. The maximum atomic E-state index is 13.1. The van der Waals surface area contributed by atoms with E-state index in [2.05, 4.69) is 41.5 Å². The molecule has 0 radical (unpaired) electrons. The van der Waals surface area contributed by atoms with Gasteiger partial charge in [0, 0.05) is 25.7 Å². The predicted molar refractivity (Wildman–Crippen MR) is 386 cm³/mol. The van der Waals surface area contributed by atoms with Gasteiger partial charge < -0.3 is 33.8 Å². The standard InChI is InChI=1S/C76H148O17P2/c1-7-9-11-13-15-17-19-21-23-25-26-27-29-31-33-35-37-39-48-54-60-75(80)92-71(64-86-73(78)58-52-46-38-36-34-32-30-28-24-22-20-18-16-14-12-10-8-2)66-90-94(82,83)88-62-70(77)63-89-95(84,85)91-67-72(93-76(81)61-55-49-43-41-45-51-57-69(5)6)65-87-74(79)59-53-47-42-40-44-50-56-68(3)4/h68-72,77H,7-67H2,1-6H3,(H,82,83)(H,84,85)/t70-,71-,72-/m1/s1. The van der Waals surface area contributed by atoms with E-state index in [4.69, 9.17) is 37.0 Å². The molecule has 564 valence electrons. The quantitative estimate of drug-likeness (QED) is 0.0222. The summed E-state index contributed by atoms with van der Waals surface area (Å²) in [6.07, 6.45) is 56.1. The molecule has 0 amide bonds. The van der Waals surface area contributed by atoms with E-state index in [1.807, 2.05) is 0 Å². The van der Waals surface area contributed by atoms with Gasteiger partial charge in [0.25, 0.3) is 0 Å². The second-order valence-electron chi connectivity index (χ2n) is 28.3. The number of carbonyl (C=O) groups is 4. The molecule has 0 fully saturated rings. The topological polar surface area (TPSA) is 237 Å². The minimum Gasteiger partial charge on any atom is -0.462 e. The molecule has 2 unspecified atom stereocenters. The van der Waals surface area contributed by atoms with Crippen molar-refractivity contribution < 1.29 is 80.2 Å². The van der Waals surface area contributed by atoms with Crippen LogP contribution in [-0.2, 0) is 65.4 Å². The molecule has 0 spiro atoms. The van der Waals surface area contributed by atoms with E-state index in [1.54, 1.807) is 0 Å². The first-order valence-corrected chi connectivity index (χ1v) is 42.5. The highest BCUT2D eigenvalue weighted by Gasteiger charge is 2.30. The lowest BCUT2D eigenvalue weighted by Gasteiger charge is -2.21. The first-order valence-electron chi connectivity index (χ1n) is 39.5. The number of hydrogen-bond acceptors (Lipinski definition) is 15. The van der Waals surface area contributed by atoms with Gasteiger partial charge in [0.05, 0.1) is 26.4 Å². The van der Waals surface area contributed by atoms with Crippen molar-refractivity contribution in [1.29, 1.82) is 0 Å². The number of aliphatic hydroxyl groups is 1. The number of hydrogen-bond donors (Lipinski definition) is 3. The number of rotatable bonds is 75. The summed E-state index contributed by atoms with van der Waals surface area (Å²) < 4.78 is 68.4. The van der Waals surface area contributed by atoms with Crippen LogP contribution >= 0.6 is 15.6 Å². The normalized spacial score (nSPS) is 14.0. The fraction of sp³-hybridized carbons (Fsp3) is 0.947. The summed E-state index contributed by atoms with van der Waals surface area (Å²) in [4.78, 5) is 72.7. The highest BCUT2D eigenvalue weighted by molar-refractivity contribution is 7.47. The number of esters is 4. The van der Waals surface area contributed by atoms with Crippen molar-refractivity contribution >= 4 is 39.5 Å². The fourth-order valence-corrected chi connectivity index (χ4v) is 13.2. The molecule has 95 heavy (non-hydrogen) atoms. The average Bonchev–Trinajstić information content (AvgIpc) is 3.65. The van der Waals surface area contributed by atoms with Gasteiger partial charge in [-0.05, 0) is 37.5 Å². The fourth-order valence-electron chi connectivity index (χ4n) is 11.7. The third kappa shape index (κ3) is 70.3. The molecule has 0 aliphatic rings. The Morgan fingerprint density at radius 1 is 0.284 bits per heavy atom. The van der Waals surface area contributed by atoms with Crippen LogP contribution in [0.1, 0.15) is 395 Å². The predicted octanol–water partition coefficient (Wildman–Crippen LogP) is 22.3. The number of ether oxygens (including phenoxy) is 4. The molecule has 3 N–H and O–H groups in total. The van der Waals surface area contributed by atoms with Crippen molar-refractivity contribution in [2.75, 3.05) is 39.6 Å². The Hall–Kier alpha value is -1.94. The summed E-state index contributed by atoms with van der Waals surface area (Å²) in [5, 5.41) is 10.6. The molecule has 0 aromatic heterocycles. The Bertz CT molecular complexity index is 1840. The zero-order valence-corrected chi connectivity index (χ0v) is 63.8. The number of phosphoric ester groups is 2. The third-order valence-corrected chi connectivity index (χ3v) is 19.6. The molecule has 0 rings (SSSR count). The number of carbonyl (C=O) groups excluding carboxylic acids is 4. The summed E-state index contributed by atoms with van der Waals surface area (Å²) in [6.45, 7) is 9.41. The number of aliphatic hydroxyl groups excluding tert-OH is 1. The van der Waals surface area contributed by atoms with Crippen molar-refractivity contribution in [3.05, 3.63) is 0 Å². The van der Waals surface area contributed by atoms with E-state index < -0.39 is 97.5 Å². The molecule has 0 bridgehead atoms. The van der Waals surface area contributed by atoms with Gasteiger partial charge in [0.2, 0.25) is 0 Å². The first kappa shape index (κ1) is 93.1. The lowest BCUT2D eigenvalue weighted by Crippen LogP contribution is -2.30. The van der Waals surface area contributed by atoms with Gasteiger partial charge in [-0.25, -0.2) is 9.13 Å². The second kappa shape index (κ2) is 67.9. The number of unbranched alkanes of at least 4 members (excludes halogenated alkanes) is 45. The van der Waals surface area contributed by atoms with Crippen LogP contribution in [0.25, 0.3) is 0 Å². The Kier molecular flexibility index (Phi) is 66.5. The second-order valence-corrected chi connectivity index (χ2v) is 31.3. The van der Waals surface area contributed by atoms with Gasteiger partial charge in [-0.1, -0.05) is 343 Å². The van der Waals surface area contributed by atoms with Crippen LogP contribution in [0, 0.1) is 11.8 Å². The Balaban J connectivity index is 5.18. The maximum absolute atomic E-state index is 13.1. The van der Waals surface area contributed by atoms with Crippen molar-refractivity contribution in [3.8, 4) is 0 Å². The molecule has 0 aliphatic heterocycles. The van der Waals surface area contributed by atoms with Gasteiger partial charge in [0.1, 0.15) is 19.3 Å². The van der Waals surface area contributed by atoms with Gasteiger partial charge >= 0.3 is 39.5 Å². The van der Waals surface area contributed by atoms with E-state index in [1.165, 1.54) is 205 Å². The van der Waals surface area contributed by atoms with Gasteiger partial charge in [-0.2, -0.15) is 0 Å². The molecule has 0 saturated heterocycles. The Labute approximate surface area is 581 Å². The van der Waals surface area contributed by atoms with Crippen LogP contribution in [0.4, 0.5) is 0 Å². The van der Waals surface area contributed by atoms with Crippen molar-refractivity contribution in [3.63, 3.8) is 0 Å². The van der Waals surface area contributed by atoms with E-state index in [9.17, 15) is 43.2 Å². The van der Waals surface area contributed by atoms with Gasteiger partial charge in [-0.15, -0.1) is 0 Å². The molecular formula is C76H148O17P2. The smallest absolute Gasteiger partial charge is 0.462 e. The molecule has 17 nitrogen and oxygen atoms in total. The molecule has 0 saturated carbocycles. The highest BCUT2D eigenvalue weighted by atomic mass is 31.2. The van der Waals surface area contributed by atoms with Crippen LogP contribution in [-0.4, -0.2) is 96.7 Å². The molecule has 19 heteroatoms. The van der Waals surface area contributed by atoms with Gasteiger partial charge in [-0.3, -0.25) is 37.3 Å². The van der Waals surface area contributed by atoms with E-state index in [0.717, 1.165) is 96.3 Å². The Morgan fingerprint density at radius 2 is 0.484 bits per heavy atom. The summed E-state index contributed by atoms with van der Waals surface area (Å²) in [5.41, 5.74) is 0. The van der Waals surface area contributed by atoms with E-state index >= 15 is 0 Å². The number of phosphoric acid groups is 2. The average molecular weight is 1400 g/mol. The van der Waals surface area contributed by atoms with E-state index in [-0.39, 0.29) is 25.7 Å². The minimum atomic E-state index is -4.96. The van der Waals surface area contributed by atoms with Crippen LogP contribution in [0.2, 0.25) is 0 Å². The van der Waals surface area contributed by atoms with E-state index in [0.29, 0.717) is 37.5 Å². The molecular weight excluding hydrogens is 1250 g/mol. The van der Waals surface area contributed by atoms with Crippen LogP contribution in [0.5, 0.6) is 0 Å². The van der Waals surface area contributed by atoms with Crippen molar-refractivity contribution in [1.82, 2.24) is 0 Å². The Morgan fingerprint density at radius 3 is 0.716 bits per heavy atom. The van der Waals surface area contributed by atoms with Crippen LogP contribution in [0.15, 0.2) is 0 Å². The lowest BCUT2D eigenvalue weighted by atomic mass is 10.0. The summed E-state index contributed by atoms with van der Waals surface area (Å²) in [7, 11) is -9.91. The molecule has 5 atom stereocenters. The molecule has 0 aliphatic carbocycles. The van der Waals surface area contributed by atoms with Crippen LogP contribution < -0.4 is 0 Å². The molecule has 0 heterocycles. The lowest BCUT2D eigenvalue weighted by molar-refractivity contribution is -0.161. The first-order chi connectivity index (χ1) is 45.9. The summed E-state index contributed by atoms with van der Waals surface area (Å²) in [5.74, 6) is -0.775. The molecule has 0 aromatic carbocycles. The summed E-state index contributed by atoms with van der Waals surface area (Å²) in [6, 6.07) is 0. The highest BCUT2D eigenvalue weighted by Crippen LogP contribution is 2.45.